The summed E-state index contributed by atoms with van der Waals surface area (Å²) in [5, 5.41) is 3.36. The number of furan rings is 1. The van der Waals surface area contributed by atoms with E-state index in [2.05, 4.69) is 31.3 Å². The zero-order valence-electron chi connectivity index (χ0n) is 9.73. The first-order valence-corrected chi connectivity index (χ1v) is 5.62. The summed E-state index contributed by atoms with van der Waals surface area (Å²) in [6, 6.07) is 12.8. The Morgan fingerprint density at radius 3 is 2.56 bits per heavy atom. The van der Waals surface area contributed by atoms with Gasteiger partial charge in [0.1, 0.15) is 5.76 Å². The summed E-state index contributed by atoms with van der Waals surface area (Å²) in [5.41, 5.74) is 2.38. The fourth-order valence-electron chi connectivity index (χ4n) is 1.65. The zero-order valence-corrected chi connectivity index (χ0v) is 9.73. The number of benzene rings is 1. The molecule has 0 fully saturated rings. The summed E-state index contributed by atoms with van der Waals surface area (Å²) in [5.74, 6) is 1.000. The Morgan fingerprint density at radius 1 is 1.12 bits per heavy atom. The normalized spacial score (nSPS) is 10.9. The summed E-state index contributed by atoms with van der Waals surface area (Å²) in [7, 11) is 0. The van der Waals surface area contributed by atoms with Crippen molar-refractivity contribution in [3.8, 4) is 11.1 Å². The van der Waals surface area contributed by atoms with Gasteiger partial charge >= 0.3 is 0 Å². The number of hydrogen-bond donors (Lipinski definition) is 1. The van der Waals surface area contributed by atoms with Crippen LogP contribution in [0.1, 0.15) is 19.6 Å². The summed E-state index contributed by atoms with van der Waals surface area (Å²) in [4.78, 5) is 0. The lowest BCUT2D eigenvalue weighted by molar-refractivity contribution is 0.466. The van der Waals surface area contributed by atoms with Crippen molar-refractivity contribution in [1.29, 1.82) is 0 Å². The molecule has 1 aromatic carbocycles. The van der Waals surface area contributed by atoms with Crippen LogP contribution in [-0.4, -0.2) is 6.04 Å². The molecule has 0 amide bonds. The molecule has 2 heteroatoms. The van der Waals surface area contributed by atoms with E-state index in [0.29, 0.717) is 6.04 Å². The van der Waals surface area contributed by atoms with E-state index in [9.17, 15) is 0 Å². The fraction of sp³-hybridized carbons (Fsp3) is 0.286. The first-order valence-electron chi connectivity index (χ1n) is 5.62. The minimum atomic E-state index is 0.466. The number of hydrogen-bond acceptors (Lipinski definition) is 2. The zero-order chi connectivity index (χ0) is 11.4. The lowest BCUT2D eigenvalue weighted by atomic mass is 10.1. The van der Waals surface area contributed by atoms with Gasteiger partial charge in [0.2, 0.25) is 0 Å². The van der Waals surface area contributed by atoms with E-state index in [1.807, 2.05) is 24.3 Å². The minimum Gasteiger partial charge on any atom is -0.467 e. The monoisotopic (exact) mass is 215 g/mol. The Balaban J connectivity index is 2.19. The second-order valence-electron chi connectivity index (χ2n) is 4.16. The quantitative estimate of drug-likeness (QED) is 0.845. The van der Waals surface area contributed by atoms with Gasteiger partial charge in [0.05, 0.1) is 12.8 Å². The predicted molar refractivity (Wildman–Crippen MR) is 66.1 cm³/mol. The van der Waals surface area contributed by atoms with Gasteiger partial charge in [-0.05, 0) is 11.6 Å². The molecular formula is C14H17NO. The first kappa shape index (κ1) is 11.0. The maximum atomic E-state index is 5.51. The van der Waals surface area contributed by atoms with E-state index in [1.165, 1.54) is 11.1 Å². The Hall–Kier alpha value is -1.54. The summed E-state index contributed by atoms with van der Waals surface area (Å²) in [6.07, 6.45) is 1.75. The predicted octanol–water partition coefficient (Wildman–Crippen LogP) is 3.44. The molecule has 0 saturated carbocycles. The SMILES string of the molecule is CC(C)NCc1occc1-c1ccccc1. The van der Waals surface area contributed by atoms with Crippen LogP contribution in [0.5, 0.6) is 0 Å². The highest BCUT2D eigenvalue weighted by atomic mass is 16.3. The van der Waals surface area contributed by atoms with Crippen molar-refractivity contribution in [2.75, 3.05) is 0 Å². The average molecular weight is 215 g/mol. The molecule has 2 aromatic rings. The molecule has 0 radical (unpaired) electrons. The van der Waals surface area contributed by atoms with E-state index >= 15 is 0 Å². The van der Waals surface area contributed by atoms with Gasteiger partial charge in [-0.25, -0.2) is 0 Å². The largest absolute Gasteiger partial charge is 0.467 e. The molecule has 0 spiro atoms. The van der Waals surface area contributed by atoms with Gasteiger partial charge in [-0.15, -0.1) is 0 Å². The molecule has 0 aliphatic carbocycles. The minimum absolute atomic E-state index is 0.466. The van der Waals surface area contributed by atoms with Gasteiger partial charge < -0.3 is 9.73 Å². The smallest absolute Gasteiger partial charge is 0.125 e. The Morgan fingerprint density at radius 2 is 1.88 bits per heavy atom. The van der Waals surface area contributed by atoms with Crippen LogP contribution in [0.15, 0.2) is 47.1 Å². The number of nitrogens with one attached hydrogen (secondary N) is 1. The highest BCUT2D eigenvalue weighted by molar-refractivity contribution is 5.65. The number of rotatable bonds is 4. The molecule has 1 N–H and O–H groups in total. The lowest BCUT2D eigenvalue weighted by Crippen LogP contribution is -2.21. The molecule has 0 unspecified atom stereocenters. The Labute approximate surface area is 96.3 Å². The van der Waals surface area contributed by atoms with Gasteiger partial charge in [-0.1, -0.05) is 44.2 Å². The van der Waals surface area contributed by atoms with E-state index in [4.69, 9.17) is 4.42 Å². The van der Waals surface area contributed by atoms with Crippen molar-refractivity contribution >= 4 is 0 Å². The van der Waals surface area contributed by atoms with Gasteiger partial charge in [0.25, 0.3) is 0 Å². The first-order chi connectivity index (χ1) is 7.77. The third-order valence-electron chi connectivity index (χ3n) is 2.50. The fourth-order valence-corrected chi connectivity index (χ4v) is 1.65. The van der Waals surface area contributed by atoms with Gasteiger partial charge in [-0.3, -0.25) is 0 Å². The molecule has 1 heterocycles. The molecule has 84 valence electrons. The molecule has 16 heavy (non-hydrogen) atoms. The van der Waals surface area contributed by atoms with E-state index in [1.54, 1.807) is 6.26 Å². The van der Waals surface area contributed by atoms with Crippen LogP contribution in [-0.2, 0) is 6.54 Å². The van der Waals surface area contributed by atoms with Crippen LogP contribution in [0.25, 0.3) is 11.1 Å². The second-order valence-corrected chi connectivity index (χ2v) is 4.16. The summed E-state index contributed by atoms with van der Waals surface area (Å²) >= 11 is 0. The van der Waals surface area contributed by atoms with Gasteiger partial charge in [0, 0.05) is 11.6 Å². The Kier molecular flexibility index (Phi) is 3.42. The maximum absolute atomic E-state index is 5.51. The summed E-state index contributed by atoms with van der Waals surface area (Å²) < 4.78 is 5.51. The van der Waals surface area contributed by atoms with Crippen molar-refractivity contribution in [1.82, 2.24) is 5.32 Å². The van der Waals surface area contributed by atoms with Crippen LogP contribution in [0.3, 0.4) is 0 Å². The van der Waals surface area contributed by atoms with Crippen molar-refractivity contribution in [3.63, 3.8) is 0 Å². The van der Waals surface area contributed by atoms with Gasteiger partial charge in [-0.2, -0.15) is 0 Å². The highest BCUT2D eigenvalue weighted by Crippen LogP contribution is 2.24. The molecule has 0 atom stereocenters. The molecule has 0 aliphatic heterocycles. The van der Waals surface area contributed by atoms with Crippen molar-refractivity contribution < 1.29 is 4.42 Å². The second kappa shape index (κ2) is 4.99. The van der Waals surface area contributed by atoms with Crippen LogP contribution >= 0.6 is 0 Å². The van der Waals surface area contributed by atoms with Gasteiger partial charge in [0.15, 0.2) is 0 Å². The average Bonchev–Trinajstić information content (AvgIpc) is 2.75. The lowest BCUT2D eigenvalue weighted by Gasteiger charge is -2.07. The maximum Gasteiger partial charge on any atom is 0.125 e. The molecule has 2 nitrogen and oxygen atoms in total. The third-order valence-corrected chi connectivity index (χ3v) is 2.50. The molecular weight excluding hydrogens is 198 g/mol. The molecule has 0 aliphatic rings. The van der Waals surface area contributed by atoms with E-state index < -0.39 is 0 Å². The van der Waals surface area contributed by atoms with Crippen LogP contribution in [0.4, 0.5) is 0 Å². The van der Waals surface area contributed by atoms with Crippen LogP contribution < -0.4 is 5.32 Å². The molecule has 0 saturated heterocycles. The summed E-state index contributed by atoms with van der Waals surface area (Å²) in [6.45, 7) is 5.03. The van der Waals surface area contributed by atoms with Crippen LogP contribution in [0.2, 0.25) is 0 Å². The molecule has 2 rings (SSSR count). The van der Waals surface area contributed by atoms with Crippen molar-refractivity contribution in [2.45, 2.75) is 26.4 Å². The van der Waals surface area contributed by atoms with E-state index in [0.717, 1.165) is 12.3 Å². The molecule has 1 aromatic heterocycles. The van der Waals surface area contributed by atoms with Crippen molar-refractivity contribution in [2.24, 2.45) is 0 Å². The standard InChI is InChI=1S/C14H17NO/c1-11(2)15-10-14-13(8-9-16-14)12-6-4-3-5-7-12/h3-9,11,15H,10H2,1-2H3. The van der Waals surface area contributed by atoms with Crippen molar-refractivity contribution in [3.05, 3.63) is 48.4 Å². The third kappa shape index (κ3) is 2.52. The Bertz CT molecular complexity index is 431. The van der Waals surface area contributed by atoms with E-state index in [-0.39, 0.29) is 0 Å². The topological polar surface area (TPSA) is 25.2 Å². The highest BCUT2D eigenvalue weighted by Gasteiger charge is 2.08. The van der Waals surface area contributed by atoms with Crippen LogP contribution in [0, 0.1) is 0 Å². The molecule has 0 bridgehead atoms.